The molecule has 1 amide bonds. The van der Waals surface area contributed by atoms with E-state index in [1.54, 1.807) is 72.3 Å². The van der Waals surface area contributed by atoms with Crippen LogP contribution in [0.25, 0.3) is 17.3 Å². The molecule has 3 saturated heterocycles. The number of aromatic nitrogens is 2. The number of carbonyl (C=O) groups is 5. The van der Waals surface area contributed by atoms with Crippen molar-refractivity contribution in [3.63, 3.8) is 0 Å². The minimum Gasteiger partial charge on any atom is -0.458 e. The summed E-state index contributed by atoms with van der Waals surface area (Å²) in [4.78, 5) is 78.0. The van der Waals surface area contributed by atoms with Crippen LogP contribution < -0.4 is 5.32 Å². The van der Waals surface area contributed by atoms with E-state index in [2.05, 4.69) is 15.3 Å². The number of ketones is 1. The summed E-state index contributed by atoms with van der Waals surface area (Å²) in [6, 6.07) is 6.27. The van der Waals surface area contributed by atoms with Crippen LogP contribution in [-0.2, 0) is 47.5 Å². The van der Waals surface area contributed by atoms with E-state index in [0.717, 1.165) is 16.8 Å². The van der Waals surface area contributed by atoms with Gasteiger partial charge in [0.05, 0.1) is 42.1 Å². The van der Waals surface area contributed by atoms with E-state index in [1.807, 2.05) is 50.2 Å². The number of likely N-dealkylation sites (N-methyl/N-ethyl adjacent to an activating group) is 1. The summed E-state index contributed by atoms with van der Waals surface area (Å²) < 4.78 is 42.6. The molecule has 346 valence electrons. The summed E-state index contributed by atoms with van der Waals surface area (Å²) >= 11 is 0. The Kier molecular flexibility index (Phi) is 16.1. The first kappa shape index (κ1) is 49.1. The number of nitrogens with zero attached hydrogens (tertiary/aromatic N) is 3. The third-order valence-electron chi connectivity index (χ3n) is 12.6. The Morgan fingerprint density at radius 1 is 1.03 bits per heavy atom. The molecule has 1 aromatic heterocycles. The standard InChI is InChI=1S/C46H64N4O13/c1-12-35-46(9)39(49-43(55)62-46)27(4)36(52)25(2)23-45(8,63-44(56)57-21-13-14-31-15-17-32(18-16-31)33-24-47-19-20-48-33)40(28(5)37(53)29(6)41(54)60-35)61-42-38(59-30(7)51)34(50(10)11)22-26(3)58-42/h13-20,24-29,34-35,37-40,42,53H,12,21-23H2,1-11H3,(H,49,55)/b14-13+/t25-,26-,27+,28+,29-,34+,35-,37+,38-,39-,40-,42+,45-,46-/m1/s1. The van der Waals surface area contributed by atoms with Crippen LogP contribution >= 0.6 is 0 Å². The molecule has 0 radical (unpaired) electrons. The number of hydrogen-bond donors (Lipinski definition) is 2. The van der Waals surface area contributed by atoms with Crippen LogP contribution in [0.2, 0.25) is 0 Å². The van der Waals surface area contributed by atoms with Crippen LogP contribution in [0.3, 0.4) is 0 Å². The molecule has 0 saturated carbocycles. The highest BCUT2D eigenvalue weighted by Crippen LogP contribution is 2.41. The number of Topliss-reactive ketones (excluding diaryl/α,β-unsaturated/α-hetero) is 1. The summed E-state index contributed by atoms with van der Waals surface area (Å²) in [7, 11) is 3.68. The highest BCUT2D eigenvalue weighted by molar-refractivity contribution is 5.85. The summed E-state index contributed by atoms with van der Waals surface area (Å²) in [6.45, 7) is 14.3. The van der Waals surface area contributed by atoms with Gasteiger partial charge < -0.3 is 48.5 Å². The minimum atomic E-state index is -1.79. The Bertz CT molecular complexity index is 1950. The number of rotatable bonds is 10. The van der Waals surface area contributed by atoms with E-state index in [0.29, 0.717) is 6.42 Å². The van der Waals surface area contributed by atoms with Gasteiger partial charge in [0.15, 0.2) is 18.0 Å². The molecule has 2 aromatic rings. The lowest BCUT2D eigenvalue weighted by Gasteiger charge is -2.48. The molecular weight excluding hydrogens is 817 g/mol. The fraction of sp³-hybridized carbons (Fsp3) is 0.630. The number of ether oxygens (including phenoxy) is 7. The van der Waals surface area contributed by atoms with E-state index in [-0.39, 0.29) is 37.4 Å². The number of nitrogens with one attached hydrogen (secondary N) is 1. The number of fused-ring (bicyclic) bond motifs is 1. The first-order valence-electron chi connectivity index (χ1n) is 21.6. The summed E-state index contributed by atoms with van der Waals surface area (Å²) in [6.07, 6.45) is 0.524. The number of esters is 2. The van der Waals surface area contributed by atoms with Crippen LogP contribution in [0.1, 0.15) is 87.1 Å². The molecule has 17 nitrogen and oxygen atoms in total. The zero-order chi connectivity index (χ0) is 46.4. The SMILES string of the molecule is CC[C@H]1OC(=O)[C@H](C)[C@@H](O)[C@H](C)[C@@H](O[C@@H]2O[C@H](C)C[C@H](N(C)C)[C@H]2OC(C)=O)[C@](C)(OC(=O)OC/C=C/c2ccc(-c3cnccn3)cc2)C[C@@H](C)C(=O)[C@H](C)[C@H]2NC(=O)O[C@@]21C. The molecule has 14 atom stereocenters. The number of hydrogen-bond acceptors (Lipinski definition) is 16. The number of amides is 1. The van der Waals surface area contributed by atoms with E-state index in [1.165, 1.54) is 13.8 Å². The molecule has 63 heavy (non-hydrogen) atoms. The summed E-state index contributed by atoms with van der Waals surface area (Å²) in [5.74, 6) is -5.67. The zero-order valence-corrected chi connectivity index (χ0v) is 38.1. The van der Waals surface area contributed by atoms with Crippen molar-refractivity contribution in [1.82, 2.24) is 20.2 Å². The van der Waals surface area contributed by atoms with Gasteiger partial charge in [-0.1, -0.05) is 58.0 Å². The van der Waals surface area contributed by atoms with Gasteiger partial charge in [-0.05, 0) is 72.7 Å². The number of carbonyl (C=O) groups excluding carboxylic acids is 5. The monoisotopic (exact) mass is 880 g/mol. The molecule has 3 fully saturated rings. The second kappa shape index (κ2) is 20.7. The Morgan fingerprint density at radius 2 is 1.73 bits per heavy atom. The lowest BCUT2D eigenvalue weighted by Crippen LogP contribution is -2.61. The number of benzene rings is 1. The largest absolute Gasteiger partial charge is 0.509 e. The number of aliphatic hydroxyl groups excluding tert-OH is 1. The second-order valence-electron chi connectivity index (χ2n) is 17.8. The Balaban J connectivity index is 1.52. The fourth-order valence-electron chi connectivity index (χ4n) is 9.27. The molecule has 0 unspecified atom stereocenters. The average molecular weight is 881 g/mol. The Morgan fingerprint density at radius 3 is 2.35 bits per heavy atom. The van der Waals surface area contributed by atoms with Crippen molar-refractivity contribution in [1.29, 1.82) is 0 Å². The van der Waals surface area contributed by atoms with E-state index in [9.17, 15) is 29.1 Å². The van der Waals surface area contributed by atoms with E-state index >= 15 is 0 Å². The van der Waals surface area contributed by atoms with Gasteiger partial charge >= 0.3 is 24.2 Å². The molecule has 4 heterocycles. The number of cyclic esters (lactones) is 1. The van der Waals surface area contributed by atoms with Crippen molar-refractivity contribution < 1.29 is 62.2 Å². The Labute approximate surface area is 369 Å². The molecular formula is C46H64N4O13. The van der Waals surface area contributed by atoms with Gasteiger partial charge in [0.25, 0.3) is 0 Å². The molecule has 3 aliphatic heterocycles. The second-order valence-corrected chi connectivity index (χ2v) is 17.8. The maximum atomic E-state index is 14.5. The lowest BCUT2D eigenvalue weighted by molar-refractivity contribution is -0.301. The van der Waals surface area contributed by atoms with Crippen molar-refractivity contribution >= 4 is 36.0 Å². The van der Waals surface area contributed by atoms with Crippen molar-refractivity contribution in [3.8, 4) is 11.3 Å². The van der Waals surface area contributed by atoms with Gasteiger partial charge in [-0.2, -0.15) is 0 Å². The van der Waals surface area contributed by atoms with Gasteiger partial charge in [-0.3, -0.25) is 24.4 Å². The van der Waals surface area contributed by atoms with Crippen molar-refractivity contribution in [2.45, 2.75) is 142 Å². The average Bonchev–Trinajstić information content (AvgIpc) is 3.56. The van der Waals surface area contributed by atoms with Crippen LogP contribution in [-0.4, -0.2) is 131 Å². The molecule has 5 rings (SSSR count). The van der Waals surface area contributed by atoms with Gasteiger partial charge in [0.1, 0.15) is 30.2 Å². The Hall–Kier alpha value is -4.97. The minimum absolute atomic E-state index is 0.174. The van der Waals surface area contributed by atoms with Crippen LogP contribution in [0, 0.1) is 23.7 Å². The van der Waals surface area contributed by atoms with Gasteiger partial charge in [-0.15, -0.1) is 0 Å². The predicted octanol–water partition coefficient (Wildman–Crippen LogP) is 5.52. The number of alkyl carbamates (subject to hydrolysis) is 1. The van der Waals surface area contributed by atoms with Crippen LogP contribution in [0.5, 0.6) is 0 Å². The maximum Gasteiger partial charge on any atom is 0.509 e. The fourth-order valence-corrected chi connectivity index (χ4v) is 9.27. The summed E-state index contributed by atoms with van der Waals surface area (Å²) in [5.41, 5.74) is -0.800. The number of aliphatic hydroxyl groups is 1. The van der Waals surface area contributed by atoms with Crippen LogP contribution in [0.4, 0.5) is 9.59 Å². The van der Waals surface area contributed by atoms with Gasteiger partial charge in [0, 0.05) is 42.6 Å². The predicted molar refractivity (Wildman–Crippen MR) is 228 cm³/mol. The molecule has 0 aliphatic carbocycles. The van der Waals surface area contributed by atoms with Gasteiger partial charge in [-0.25, -0.2) is 9.59 Å². The van der Waals surface area contributed by atoms with Crippen LogP contribution in [0.15, 0.2) is 48.9 Å². The van der Waals surface area contributed by atoms with Crippen molar-refractivity contribution in [2.24, 2.45) is 23.7 Å². The van der Waals surface area contributed by atoms with Gasteiger partial charge in [0.2, 0.25) is 0 Å². The highest BCUT2D eigenvalue weighted by Gasteiger charge is 2.58. The molecule has 1 aromatic carbocycles. The first-order valence-corrected chi connectivity index (χ1v) is 21.6. The quantitative estimate of drug-likeness (QED) is 0.222. The highest BCUT2D eigenvalue weighted by atomic mass is 16.8. The molecule has 0 bridgehead atoms. The molecule has 0 spiro atoms. The topological polar surface area (TPSA) is 211 Å². The third-order valence-corrected chi connectivity index (χ3v) is 12.6. The molecule has 3 aliphatic rings. The molecule has 17 heteroatoms. The van der Waals surface area contributed by atoms with E-state index in [4.69, 9.17) is 33.2 Å². The maximum absolute atomic E-state index is 14.5. The summed E-state index contributed by atoms with van der Waals surface area (Å²) in [5, 5.41) is 14.9. The lowest BCUT2D eigenvalue weighted by atomic mass is 9.73. The zero-order valence-electron chi connectivity index (χ0n) is 38.1. The first-order chi connectivity index (χ1) is 29.7. The molecule has 2 N–H and O–H groups in total. The van der Waals surface area contributed by atoms with Crippen molar-refractivity contribution in [3.05, 3.63) is 54.5 Å². The van der Waals surface area contributed by atoms with E-state index < -0.39 is 95.8 Å². The normalized spacial score (nSPS) is 35.5. The smallest absolute Gasteiger partial charge is 0.458 e. The van der Waals surface area contributed by atoms with Crippen molar-refractivity contribution in [2.75, 3.05) is 20.7 Å². The third kappa shape index (κ3) is 11.4.